The van der Waals surface area contributed by atoms with Gasteiger partial charge in [-0.25, -0.2) is 4.98 Å². The van der Waals surface area contributed by atoms with E-state index >= 15 is 0 Å². The van der Waals surface area contributed by atoms with Crippen molar-refractivity contribution < 1.29 is 4.79 Å². The third-order valence-corrected chi connectivity index (χ3v) is 3.86. The van der Waals surface area contributed by atoms with E-state index in [-0.39, 0.29) is 17.1 Å². The van der Waals surface area contributed by atoms with Crippen LogP contribution in [0.25, 0.3) is 0 Å². The number of pyridine rings is 2. The summed E-state index contributed by atoms with van der Waals surface area (Å²) < 4.78 is 0.718. The molecule has 2 heterocycles. The van der Waals surface area contributed by atoms with Crippen LogP contribution in [0.5, 0.6) is 0 Å². The minimum atomic E-state index is -0.173. The van der Waals surface area contributed by atoms with Gasteiger partial charge < -0.3 is 4.90 Å². The Hall–Kier alpha value is -1.46. The van der Waals surface area contributed by atoms with Crippen molar-refractivity contribution in [2.24, 2.45) is 0 Å². The average Bonchev–Trinajstić information content (AvgIpc) is 2.48. The van der Waals surface area contributed by atoms with Crippen LogP contribution in [0.3, 0.4) is 0 Å². The molecular formula is C14H13BrClN3O. The fraction of sp³-hybridized carbons (Fsp3) is 0.214. The molecule has 2 rings (SSSR count). The standard InChI is InChI=1S/C14H13BrClN3O/c1-9(10-3-5-17-6-4-10)19(2)14(20)12-7-11(15)8-18-13(12)16/h3-9H,1-2H3. The Morgan fingerprint density at radius 2 is 2.05 bits per heavy atom. The fourth-order valence-electron chi connectivity index (χ4n) is 1.80. The van der Waals surface area contributed by atoms with E-state index in [1.807, 2.05) is 19.1 Å². The molecule has 0 radical (unpaired) electrons. The Labute approximate surface area is 130 Å². The molecule has 0 aliphatic rings. The molecule has 0 aliphatic carbocycles. The van der Waals surface area contributed by atoms with Gasteiger partial charge in [0.25, 0.3) is 5.91 Å². The quantitative estimate of drug-likeness (QED) is 0.789. The van der Waals surface area contributed by atoms with Gasteiger partial charge in [-0.2, -0.15) is 0 Å². The van der Waals surface area contributed by atoms with Crippen LogP contribution in [0.15, 0.2) is 41.3 Å². The number of hydrogen-bond donors (Lipinski definition) is 0. The molecule has 4 nitrogen and oxygen atoms in total. The van der Waals surface area contributed by atoms with Gasteiger partial charge in [0, 0.05) is 30.1 Å². The van der Waals surface area contributed by atoms with Gasteiger partial charge in [0.1, 0.15) is 5.15 Å². The number of hydrogen-bond acceptors (Lipinski definition) is 3. The van der Waals surface area contributed by atoms with Crippen molar-refractivity contribution in [1.29, 1.82) is 0 Å². The molecule has 1 amide bonds. The second-order valence-electron chi connectivity index (χ2n) is 4.36. The minimum Gasteiger partial charge on any atom is -0.335 e. The van der Waals surface area contributed by atoms with Crippen molar-refractivity contribution in [3.05, 3.63) is 57.5 Å². The first kappa shape index (κ1) is 14.9. The van der Waals surface area contributed by atoms with Crippen LogP contribution >= 0.6 is 27.5 Å². The van der Waals surface area contributed by atoms with E-state index < -0.39 is 0 Å². The van der Waals surface area contributed by atoms with E-state index in [4.69, 9.17) is 11.6 Å². The van der Waals surface area contributed by atoms with Gasteiger partial charge in [-0.05, 0) is 46.6 Å². The monoisotopic (exact) mass is 353 g/mol. The lowest BCUT2D eigenvalue weighted by atomic mass is 10.1. The number of carbonyl (C=O) groups excluding carboxylic acids is 1. The summed E-state index contributed by atoms with van der Waals surface area (Å²) in [6.07, 6.45) is 4.97. The van der Waals surface area contributed by atoms with Crippen molar-refractivity contribution in [1.82, 2.24) is 14.9 Å². The van der Waals surface area contributed by atoms with E-state index in [2.05, 4.69) is 25.9 Å². The minimum absolute atomic E-state index is 0.0828. The van der Waals surface area contributed by atoms with Gasteiger partial charge >= 0.3 is 0 Å². The molecule has 0 saturated carbocycles. The molecule has 0 fully saturated rings. The van der Waals surface area contributed by atoms with E-state index in [9.17, 15) is 4.79 Å². The predicted molar refractivity (Wildman–Crippen MR) is 81.7 cm³/mol. The van der Waals surface area contributed by atoms with Gasteiger partial charge in [-0.1, -0.05) is 11.6 Å². The van der Waals surface area contributed by atoms with E-state index in [0.29, 0.717) is 5.56 Å². The first-order chi connectivity index (χ1) is 9.50. The summed E-state index contributed by atoms with van der Waals surface area (Å²) in [6, 6.07) is 5.36. The second kappa shape index (κ2) is 6.33. The Morgan fingerprint density at radius 3 is 2.70 bits per heavy atom. The lowest BCUT2D eigenvalue weighted by molar-refractivity contribution is 0.0742. The fourth-order valence-corrected chi connectivity index (χ4v) is 2.32. The number of aromatic nitrogens is 2. The SMILES string of the molecule is CC(c1ccncc1)N(C)C(=O)c1cc(Br)cnc1Cl. The van der Waals surface area contributed by atoms with Crippen molar-refractivity contribution >= 4 is 33.4 Å². The summed E-state index contributed by atoms with van der Waals surface area (Å²) in [5.74, 6) is -0.173. The summed E-state index contributed by atoms with van der Waals surface area (Å²) in [6.45, 7) is 1.95. The molecule has 104 valence electrons. The lowest BCUT2D eigenvalue weighted by Gasteiger charge is -2.25. The predicted octanol–water partition coefficient (Wildman–Crippen LogP) is 3.73. The van der Waals surface area contributed by atoms with Crippen LogP contribution < -0.4 is 0 Å². The zero-order valence-electron chi connectivity index (χ0n) is 11.0. The summed E-state index contributed by atoms with van der Waals surface area (Å²) >= 11 is 9.29. The highest BCUT2D eigenvalue weighted by Crippen LogP contribution is 2.24. The topological polar surface area (TPSA) is 46.1 Å². The molecule has 20 heavy (non-hydrogen) atoms. The van der Waals surface area contributed by atoms with Gasteiger partial charge in [0.05, 0.1) is 11.6 Å². The van der Waals surface area contributed by atoms with E-state index in [0.717, 1.165) is 10.0 Å². The molecule has 2 aromatic rings. The first-order valence-electron chi connectivity index (χ1n) is 5.99. The summed E-state index contributed by atoms with van der Waals surface area (Å²) in [5.41, 5.74) is 1.39. The number of nitrogens with zero attached hydrogens (tertiary/aromatic N) is 3. The van der Waals surface area contributed by atoms with E-state index in [1.54, 1.807) is 36.6 Å². The van der Waals surface area contributed by atoms with Crippen LogP contribution in [-0.4, -0.2) is 27.8 Å². The van der Waals surface area contributed by atoms with E-state index in [1.165, 1.54) is 0 Å². The smallest absolute Gasteiger partial charge is 0.257 e. The second-order valence-corrected chi connectivity index (χ2v) is 5.64. The third-order valence-electron chi connectivity index (χ3n) is 3.13. The lowest BCUT2D eigenvalue weighted by Crippen LogP contribution is -2.30. The molecule has 6 heteroatoms. The molecule has 2 aromatic heterocycles. The number of halogens is 2. The highest BCUT2D eigenvalue weighted by atomic mass is 79.9. The average molecular weight is 355 g/mol. The normalized spacial score (nSPS) is 12.0. The summed E-state index contributed by atoms with van der Waals surface area (Å²) in [4.78, 5) is 22.1. The largest absolute Gasteiger partial charge is 0.335 e. The maximum Gasteiger partial charge on any atom is 0.257 e. The van der Waals surface area contributed by atoms with Crippen molar-refractivity contribution in [3.8, 4) is 0 Å². The molecule has 1 unspecified atom stereocenters. The highest BCUT2D eigenvalue weighted by molar-refractivity contribution is 9.10. The van der Waals surface area contributed by atoms with Gasteiger partial charge in [-0.15, -0.1) is 0 Å². The van der Waals surface area contributed by atoms with Gasteiger partial charge in [-0.3, -0.25) is 9.78 Å². The highest BCUT2D eigenvalue weighted by Gasteiger charge is 2.21. The van der Waals surface area contributed by atoms with Gasteiger partial charge in [0.2, 0.25) is 0 Å². The van der Waals surface area contributed by atoms with Crippen LogP contribution in [0.2, 0.25) is 5.15 Å². The molecule has 0 N–H and O–H groups in total. The van der Waals surface area contributed by atoms with Crippen LogP contribution in [-0.2, 0) is 0 Å². The summed E-state index contributed by atoms with van der Waals surface area (Å²) in [5, 5.41) is 0.201. The first-order valence-corrected chi connectivity index (χ1v) is 7.16. The zero-order valence-corrected chi connectivity index (χ0v) is 13.4. The molecule has 0 aromatic carbocycles. The molecule has 0 aliphatic heterocycles. The molecule has 0 spiro atoms. The molecule has 0 saturated heterocycles. The molecule has 0 bridgehead atoms. The number of rotatable bonds is 3. The zero-order chi connectivity index (χ0) is 14.7. The van der Waals surface area contributed by atoms with Crippen LogP contribution in [0.4, 0.5) is 0 Å². The van der Waals surface area contributed by atoms with Gasteiger partial charge in [0.15, 0.2) is 0 Å². The Balaban J connectivity index is 2.27. The van der Waals surface area contributed by atoms with Crippen molar-refractivity contribution in [2.45, 2.75) is 13.0 Å². The molecule has 1 atom stereocenters. The maximum absolute atomic E-state index is 12.5. The molecular weight excluding hydrogens is 342 g/mol. The number of amides is 1. The third kappa shape index (κ3) is 3.16. The van der Waals surface area contributed by atoms with Crippen molar-refractivity contribution in [2.75, 3.05) is 7.05 Å². The maximum atomic E-state index is 12.5. The van der Waals surface area contributed by atoms with Crippen LogP contribution in [0.1, 0.15) is 28.9 Å². The number of carbonyl (C=O) groups is 1. The van der Waals surface area contributed by atoms with Crippen LogP contribution in [0, 0.1) is 0 Å². The van der Waals surface area contributed by atoms with Crippen molar-refractivity contribution in [3.63, 3.8) is 0 Å². The Kier molecular flexibility index (Phi) is 4.73. The summed E-state index contributed by atoms with van der Waals surface area (Å²) in [7, 11) is 1.74. The Morgan fingerprint density at radius 1 is 1.40 bits per heavy atom. The Bertz CT molecular complexity index is 621.